The summed E-state index contributed by atoms with van der Waals surface area (Å²) in [4.78, 5) is 12.3. The molecule has 1 aliphatic rings. The molecule has 0 saturated heterocycles. The van der Waals surface area contributed by atoms with Crippen LogP contribution in [0.5, 0.6) is 17.2 Å². The van der Waals surface area contributed by atoms with Gasteiger partial charge >= 0.3 is 0 Å². The van der Waals surface area contributed by atoms with Gasteiger partial charge in [0.05, 0.1) is 0 Å². The van der Waals surface area contributed by atoms with Crippen LogP contribution in [0.15, 0.2) is 24.3 Å². The number of phenols is 2. The summed E-state index contributed by atoms with van der Waals surface area (Å²) in [6, 6.07) is 2.70. The monoisotopic (exact) mass is 416 g/mol. The molecular formula is C26H40O4. The van der Waals surface area contributed by atoms with E-state index >= 15 is 0 Å². The summed E-state index contributed by atoms with van der Waals surface area (Å²) in [5.74, 6) is -0.193. The van der Waals surface area contributed by atoms with Gasteiger partial charge in [-0.1, -0.05) is 76.9 Å². The molecule has 0 aromatic heterocycles. The first-order valence-corrected chi connectivity index (χ1v) is 12.0. The summed E-state index contributed by atoms with van der Waals surface area (Å²) in [5.41, 5.74) is 0.124. The van der Waals surface area contributed by atoms with E-state index in [2.05, 4.69) is 19.1 Å². The lowest BCUT2D eigenvalue weighted by Gasteiger charge is -2.26. The predicted octanol–water partition coefficient (Wildman–Crippen LogP) is 7.47. The third-order valence-corrected chi connectivity index (χ3v) is 5.88. The van der Waals surface area contributed by atoms with Crippen molar-refractivity contribution in [3.63, 3.8) is 0 Å². The molecule has 0 radical (unpaired) electrons. The molecule has 0 bridgehead atoms. The van der Waals surface area contributed by atoms with Crippen molar-refractivity contribution >= 4 is 5.78 Å². The van der Waals surface area contributed by atoms with Crippen LogP contribution in [0.2, 0.25) is 0 Å². The van der Waals surface area contributed by atoms with Gasteiger partial charge in [-0.3, -0.25) is 4.79 Å². The smallest absolute Gasteiger partial charge is 0.175 e. The summed E-state index contributed by atoms with van der Waals surface area (Å²) in [5, 5.41) is 19.8. The van der Waals surface area contributed by atoms with Crippen LogP contribution >= 0.6 is 0 Å². The van der Waals surface area contributed by atoms with Crippen LogP contribution in [0.25, 0.3) is 0 Å². The molecule has 0 aliphatic carbocycles. The van der Waals surface area contributed by atoms with Crippen LogP contribution in [0.1, 0.15) is 114 Å². The number of hydrogen-bond acceptors (Lipinski definition) is 4. The van der Waals surface area contributed by atoms with Crippen LogP contribution in [0.3, 0.4) is 0 Å². The van der Waals surface area contributed by atoms with Gasteiger partial charge in [-0.15, -0.1) is 0 Å². The van der Waals surface area contributed by atoms with Gasteiger partial charge in [0.25, 0.3) is 0 Å². The van der Waals surface area contributed by atoms with Crippen molar-refractivity contribution in [1.82, 2.24) is 0 Å². The summed E-state index contributed by atoms with van der Waals surface area (Å²) in [6.45, 7) is 2.24. The number of Topliss-reactive ketones (excluding diaryl/α,β-unsaturated/α-hetero) is 1. The van der Waals surface area contributed by atoms with Gasteiger partial charge in [0.15, 0.2) is 17.3 Å². The second kappa shape index (κ2) is 14.1. The Kier molecular flexibility index (Phi) is 11.4. The van der Waals surface area contributed by atoms with Gasteiger partial charge in [-0.2, -0.15) is 0 Å². The Morgan fingerprint density at radius 1 is 0.867 bits per heavy atom. The van der Waals surface area contributed by atoms with Crippen molar-refractivity contribution in [2.45, 2.75) is 109 Å². The van der Waals surface area contributed by atoms with Crippen LogP contribution in [0.4, 0.5) is 0 Å². The molecule has 168 valence electrons. The number of benzene rings is 1. The number of allylic oxidation sites excluding steroid dienone is 2. The average molecular weight is 417 g/mol. The molecule has 0 amide bonds. The minimum Gasteiger partial charge on any atom is -0.507 e. The molecule has 2 N–H and O–H groups in total. The molecule has 1 heterocycles. The standard InChI is InChI=1S/C26H40O4/c1-2-3-4-5-6-7-8-9-10-11-12-13-14-15-16-17-21-20-24(29)25-22(27)18-19-23(28)26(25)30-21/h5-6,18-19,21,27-28H,2-4,7-17,20H2,1H3/b6-5-/t21-/m1/s1. The molecule has 0 unspecified atom stereocenters. The van der Waals surface area contributed by atoms with Crippen LogP contribution < -0.4 is 4.74 Å². The molecule has 1 aromatic carbocycles. The van der Waals surface area contributed by atoms with E-state index in [1.165, 1.54) is 82.8 Å². The van der Waals surface area contributed by atoms with Gasteiger partial charge in [-0.05, 0) is 44.2 Å². The Labute approximate surface area is 182 Å². The highest BCUT2D eigenvalue weighted by molar-refractivity contribution is 6.03. The normalized spacial score (nSPS) is 16.0. The van der Waals surface area contributed by atoms with E-state index in [9.17, 15) is 15.0 Å². The van der Waals surface area contributed by atoms with E-state index in [0.29, 0.717) is 0 Å². The van der Waals surface area contributed by atoms with Crippen LogP contribution in [-0.2, 0) is 0 Å². The van der Waals surface area contributed by atoms with Crippen molar-refractivity contribution in [2.24, 2.45) is 0 Å². The van der Waals surface area contributed by atoms with Gasteiger partial charge in [0.2, 0.25) is 0 Å². The molecular weight excluding hydrogens is 376 g/mol. The highest BCUT2D eigenvalue weighted by Crippen LogP contribution is 2.41. The van der Waals surface area contributed by atoms with Gasteiger partial charge in [0.1, 0.15) is 17.4 Å². The number of ether oxygens (including phenoxy) is 1. The fraction of sp³-hybridized carbons (Fsp3) is 0.654. The zero-order valence-corrected chi connectivity index (χ0v) is 18.7. The Hall–Kier alpha value is -1.97. The van der Waals surface area contributed by atoms with E-state index in [1.807, 2.05) is 0 Å². The number of rotatable bonds is 15. The molecule has 1 atom stereocenters. The summed E-state index contributed by atoms with van der Waals surface area (Å²) >= 11 is 0. The number of carbonyl (C=O) groups excluding carboxylic acids is 1. The number of carbonyl (C=O) groups is 1. The molecule has 0 fully saturated rings. The second-order valence-corrected chi connectivity index (χ2v) is 8.55. The van der Waals surface area contributed by atoms with Crippen molar-refractivity contribution < 1.29 is 19.7 Å². The zero-order chi connectivity index (χ0) is 21.6. The van der Waals surface area contributed by atoms with E-state index < -0.39 is 0 Å². The minimum atomic E-state index is -0.200. The number of unbranched alkanes of at least 4 members (excludes halogenated alkanes) is 11. The molecule has 30 heavy (non-hydrogen) atoms. The fourth-order valence-electron chi connectivity index (χ4n) is 4.06. The summed E-state index contributed by atoms with van der Waals surface area (Å²) in [7, 11) is 0. The maximum absolute atomic E-state index is 12.3. The lowest BCUT2D eigenvalue weighted by molar-refractivity contribution is 0.0821. The number of phenolic OH excluding ortho intramolecular Hbond substituents is 2. The van der Waals surface area contributed by atoms with Crippen LogP contribution in [-0.4, -0.2) is 22.1 Å². The maximum atomic E-state index is 12.3. The molecule has 2 rings (SSSR count). The average Bonchev–Trinajstić information content (AvgIpc) is 2.73. The topological polar surface area (TPSA) is 66.8 Å². The molecule has 4 nitrogen and oxygen atoms in total. The third kappa shape index (κ3) is 8.41. The van der Waals surface area contributed by atoms with Crippen molar-refractivity contribution in [2.75, 3.05) is 0 Å². The van der Waals surface area contributed by atoms with Gasteiger partial charge in [-0.25, -0.2) is 0 Å². The van der Waals surface area contributed by atoms with Gasteiger partial charge < -0.3 is 14.9 Å². The Balaban J connectivity index is 1.47. The molecule has 0 saturated carbocycles. The Morgan fingerprint density at radius 3 is 2.10 bits per heavy atom. The Morgan fingerprint density at radius 2 is 1.43 bits per heavy atom. The Bertz CT molecular complexity index is 665. The molecule has 1 aliphatic heterocycles. The molecule has 0 spiro atoms. The highest BCUT2D eigenvalue weighted by Gasteiger charge is 2.30. The largest absolute Gasteiger partial charge is 0.507 e. The number of fused-ring (bicyclic) bond motifs is 1. The van der Waals surface area contributed by atoms with Crippen molar-refractivity contribution in [1.29, 1.82) is 0 Å². The SMILES string of the molecule is CCCC/C=C\CCCCCCCCCCC[C@@H]1CC(=O)c2c(O)ccc(O)c2O1. The maximum Gasteiger partial charge on any atom is 0.175 e. The first-order valence-electron chi connectivity index (χ1n) is 12.0. The van der Waals surface area contributed by atoms with Gasteiger partial charge in [0, 0.05) is 6.42 Å². The first kappa shape index (κ1) is 24.3. The van der Waals surface area contributed by atoms with Crippen molar-refractivity contribution in [3.8, 4) is 17.2 Å². The van der Waals surface area contributed by atoms with E-state index in [1.54, 1.807) is 0 Å². The predicted molar refractivity (Wildman–Crippen MR) is 123 cm³/mol. The number of aromatic hydroxyl groups is 2. The van der Waals surface area contributed by atoms with Crippen molar-refractivity contribution in [3.05, 3.63) is 29.8 Å². The number of ketones is 1. The number of hydrogen-bond donors (Lipinski definition) is 2. The van der Waals surface area contributed by atoms with Crippen LogP contribution in [0, 0.1) is 0 Å². The lowest BCUT2D eigenvalue weighted by Crippen LogP contribution is -2.27. The molecule has 4 heteroatoms. The lowest BCUT2D eigenvalue weighted by atomic mass is 9.96. The zero-order valence-electron chi connectivity index (χ0n) is 18.7. The van der Waals surface area contributed by atoms with E-state index in [4.69, 9.17) is 4.74 Å². The molecule has 1 aromatic rings. The first-order chi connectivity index (χ1) is 14.6. The van der Waals surface area contributed by atoms with E-state index in [-0.39, 0.29) is 41.1 Å². The van der Waals surface area contributed by atoms with E-state index in [0.717, 1.165) is 19.3 Å². The fourth-order valence-corrected chi connectivity index (χ4v) is 4.06. The second-order valence-electron chi connectivity index (χ2n) is 8.55. The quantitative estimate of drug-likeness (QED) is 0.177. The highest BCUT2D eigenvalue weighted by atomic mass is 16.5. The third-order valence-electron chi connectivity index (χ3n) is 5.88. The summed E-state index contributed by atoms with van der Waals surface area (Å²) < 4.78 is 5.80. The summed E-state index contributed by atoms with van der Waals surface area (Å²) in [6.07, 6.45) is 22.0. The minimum absolute atomic E-state index is 0.0756.